The van der Waals surface area contributed by atoms with Gasteiger partial charge in [-0.15, -0.1) is 0 Å². The van der Waals surface area contributed by atoms with Crippen LogP contribution >= 0.6 is 0 Å². The Morgan fingerprint density at radius 1 is 0.964 bits per heavy atom. The average Bonchev–Trinajstić information content (AvgIpc) is 2.71. The Labute approximate surface area is 165 Å². The van der Waals surface area contributed by atoms with Crippen molar-refractivity contribution in [2.45, 2.75) is 13.3 Å². The largest absolute Gasteiger partial charge is 0.494 e. The molecule has 0 fully saturated rings. The number of rotatable bonds is 11. The van der Waals surface area contributed by atoms with Crippen molar-refractivity contribution in [2.75, 3.05) is 44.0 Å². The van der Waals surface area contributed by atoms with E-state index in [1.54, 1.807) is 43.5 Å². The van der Waals surface area contributed by atoms with Crippen LogP contribution in [0.3, 0.4) is 0 Å². The molecular weight excluding hydrogens is 358 g/mol. The molecule has 0 saturated heterocycles. The fourth-order valence-corrected chi connectivity index (χ4v) is 2.45. The molecule has 150 valence electrons. The lowest BCUT2D eigenvalue weighted by Gasteiger charge is -2.10. The van der Waals surface area contributed by atoms with E-state index in [9.17, 15) is 9.59 Å². The van der Waals surface area contributed by atoms with E-state index < -0.39 is 0 Å². The van der Waals surface area contributed by atoms with Gasteiger partial charge in [-0.3, -0.25) is 9.59 Å². The third-order valence-corrected chi connectivity index (χ3v) is 3.86. The number of hydrogen-bond donors (Lipinski definition) is 3. The van der Waals surface area contributed by atoms with Crippen molar-refractivity contribution in [1.82, 2.24) is 5.32 Å². The van der Waals surface area contributed by atoms with Crippen molar-refractivity contribution < 1.29 is 19.1 Å². The molecule has 0 aliphatic heterocycles. The number of carbonyl (C=O) groups is 2. The maximum atomic E-state index is 12.1. The predicted molar refractivity (Wildman–Crippen MR) is 110 cm³/mol. The van der Waals surface area contributed by atoms with Gasteiger partial charge in [-0.05, 0) is 61.9 Å². The first-order chi connectivity index (χ1) is 13.6. The standard InChI is InChI=1S/C21H27N3O4/c1-3-28-19-11-9-18(10-12-19)24-20(25)15-23-17-7-5-16(6-8-17)21(26)22-13-4-14-27-2/h5-12,23H,3-4,13-15H2,1-2H3,(H,22,26)(H,24,25). The first kappa shape index (κ1) is 21.2. The molecule has 3 N–H and O–H groups in total. The highest BCUT2D eigenvalue weighted by Gasteiger charge is 2.06. The van der Waals surface area contributed by atoms with Gasteiger partial charge in [-0.2, -0.15) is 0 Å². The topological polar surface area (TPSA) is 88.7 Å². The molecule has 0 atom stereocenters. The molecule has 2 amide bonds. The number of hydrogen-bond acceptors (Lipinski definition) is 5. The monoisotopic (exact) mass is 385 g/mol. The second-order valence-corrected chi connectivity index (χ2v) is 6.04. The molecule has 0 aliphatic rings. The van der Waals surface area contributed by atoms with Crippen LogP contribution < -0.4 is 20.7 Å². The molecule has 0 aliphatic carbocycles. The number of ether oxygens (including phenoxy) is 2. The Hall–Kier alpha value is -3.06. The first-order valence-corrected chi connectivity index (χ1v) is 9.26. The predicted octanol–water partition coefficient (Wildman–Crippen LogP) is 2.90. The smallest absolute Gasteiger partial charge is 0.251 e. The van der Waals surface area contributed by atoms with Gasteiger partial charge in [0.1, 0.15) is 5.75 Å². The first-order valence-electron chi connectivity index (χ1n) is 9.26. The molecule has 0 unspecified atom stereocenters. The van der Waals surface area contributed by atoms with Crippen LogP contribution in [0.1, 0.15) is 23.7 Å². The Balaban J connectivity index is 1.76. The summed E-state index contributed by atoms with van der Waals surface area (Å²) in [6.45, 7) is 3.82. The van der Waals surface area contributed by atoms with Crippen molar-refractivity contribution in [1.29, 1.82) is 0 Å². The summed E-state index contributed by atoms with van der Waals surface area (Å²) in [4.78, 5) is 24.1. The molecule has 0 saturated carbocycles. The SMILES string of the molecule is CCOc1ccc(NC(=O)CNc2ccc(C(=O)NCCCOC)cc2)cc1. The number of methoxy groups -OCH3 is 1. The Bertz CT molecular complexity index is 745. The summed E-state index contributed by atoms with van der Waals surface area (Å²) in [5, 5.41) is 8.68. The van der Waals surface area contributed by atoms with Gasteiger partial charge in [0.05, 0.1) is 13.2 Å². The Kier molecular flexibility index (Phi) is 8.81. The zero-order valence-corrected chi connectivity index (χ0v) is 16.3. The van der Waals surface area contributed by atoms with Crippen LogP contribution in [0.2, 0.25) is 0 Å². The molecule has 0 aromatic heterocycles. The maximum absolute atomic E-state index is 12.1. The highest BCUT2D eigenvalue weighted by atomic mass is 16.5. The minimum atomic E-state index is -0.163. The quantitative estimate of drug-likeness (QED) is 0.518. The van der Waals surface area contributed by atoms with E-state index in [1.165, 1.54) is 0 Å². The molecule has 0 heterocycles. The number of benzene rings is 2. The average molecular weight is 385 g/mol. The molecule has 2 rings (SSSR count). The van der Waals surface area contributed by atoms with Crippen LogP contribution in [0.15, 0.2) is 48.5 Å². The highest BCUT2D eigenvalue weighted by Crippen LogP contribution is 2.15. The van der Waals surface area contributed by atoms with E-state index in [-0.39, 0.29) is 18.4 Å². The van der Waals surface area contributed by atoms with Crippen LogP contribution in [0.25, 0.3) is 0 Å². The number of anilines is 2. The van der Waals surface area contributed by atoms with E-state index in [1.807, 2.05) is 19.1 Å². The second kappa shape index (κ2) is 11.6. The van der Waals surface area contributed by atoms with Crippen LogP contribution in [0.4, 0.5) is 11.4 Å². The fourth-order valence-electron chi connectivity index (χ4n) is 2.45. The molecule has 0 spiro atoms. The summed E-state index contributed by atoms with van der Waals surface area (Å²) < 4.78 is 10.3. The van der Waals surface area contributed by atoms with Crippen molar-refractivity contribution in [2.24, 2.45) is 0 Å². The molecule has 0 bridgehead atoms. The van der Waals surface area contributed by atoms with Crippen molar-refractivity contribution in [3.63, 3.8) is 0 Å². The molecule has 7 nitrogen and oxygen atoms in total. The molecule has 7 heteroatoms. The van der Waals surface area contributed by atoms with Crippen molar-refractivity contribution in [3.8, 4) is 5.75 Å². The van der Waals surface area contributed by atoms with Crippen LogP contribution in [0, 0.1) is 0 Å². The summed E-state index contributed by atoms with van der Waals surface area (Å²) >= 11 is 0. The van der Waals surface area contributed by atoms with Crippen molar-refractivity contribution in [3.05, 3.63) is 54.1 Å². The minimum Gasteiger partial charge on any atom is -0.494 e. The van der Waals surface area contributed by atoms with Crippen LogP contribution in [-0.4, -0.2) is 45.2 Å². The van der Waals surface area contributed by atoms with Crippen molar-refractivity contribution >= 4 is 23.2 Å². The van der Waals surface area contributed by atoms with E-state index >= 15 is 0 Å². The number of amides is 2. The Morgan fingerprint density at radius 3 is 2.29 bits per heavy atom. The normalized spacial score (nSPS) is 10.2. The lowest BCUT2D eigenvalue weighted by molar-refractivity contribution is -0.114. The van der Waals surface area contributed by atoms with E-state index in [2.05, 4.69) is 16.0 Å². The van der Waals surface area contributed by atoms with Crippen LogP contribution in [0.5, 0.6) is 5.75 Å². The van der Waals surface area contributed by atoms with Gasteiger partial charge in [0.2, 0.25) is 5.91 Å². The van der Waals surface area contributed by atoms with Gasteiger partial charge in [0, 0.05) is 37.2 Å². The number of nitrogens with one attached hydrogen (secondary N) is 3. The molecule has 28 heavy (non-hydrogen) atoms. The summed E-state index contributed by atoms with van der Waals surface area (Å²) in [5.74, 6) is 0.474. The zero-order chi connectivity index (χ0) is 20.2. The highest BCUT2D eigenvalue weighted by molar-refractivity contribution is 5.95. The van der Waals surface area contributed by atoms with Gasteiger partial charge in [0.25, 0.3) is 5.91 Å². The van der Waals surface area contributed by atoms with Gasteiger partial charge < -0.3 is 25.4 Å². The van der Waals surface area contributed by atoms with E-state index in [0.29, 0.717) is 31.0 Å². The summed E-state index contributed by atoms with van der Waals surface area (Å²) in [6.07, 6.45) is 0.769. The lowest BCUT2D eigenvalue weighted by Crippen LogP contribution is -2.25. The maximum Gasteiger partial charge on any atom is 0.251 e. The lowest BCUT2D eigenvalue weighted by atomic mass is 10.2. The number of carbonyl (C=O) groups excluding carboxylic acids is 2. The second-order valence-electron chi connectivity index (χ2n) is 6.04. The minimum absolute atomic E-state index is 0.121. The third kappa shape index (κ3) is 7.28. The van der Waals surface area contributed by atoms with E-state index in [0.717, 1.165) is 17.9 Å². The van der Waals surface area contributed by atoms with E-state index in [4.69, 9.17) is 9.47 Å². The van der Waals surface area contributed by atoms with Gasteiger partial charge in [-0.1, -0.05) is 0 Å². The Morgan fingerprint density at radius 2 is 1.64 bits per heavy atom. The fraction of sp³-hybridized carbons (Fsp3) is 0.333. The zero-order valence-electron chi connectivity index (χ0n) is 16.3. The molecule has 0 radical (unpaired) electrons. The summed E-state index contributed by atoms with van der Waals surface area (Å²) in [6, 6.07) is 14.2. The van der Waals surface area contributed by atoms with Gasteiger partial charge in [-0.25, -0.2) is 0 Å². The molecule has 2 aromatic rings. The van der Waals surface area contributed by atoms with Gasteiger partial charge in [0.15, 0.2) is 0 Å². The summed E-state index contributed by atoms with van der Waals surface area (Å²) in [5.41, 5.74) is 2.04. The van der Waals surface area contributed by atoms with Crippen LogP contribution in [-0.2, 0) is 9.53 Å². The third-order valence-electron chi connectivity index (χ3n) is 3.86. The summed E-state index contributed by atoms with van der Waals surface area (Å²) in [7, 11) is 1.63. The molecular formula is C21H27N3O4. The van der Waals surface area contributed by atoms with Gasteiger partial charge >= 0.3 is 0 Å². The molecule has 2 aromatic carbocycles.